The minimum Gasteiger partial charge on any atom is -0.141 e. The third-order valence-electron chi connectivity index (χ3n) is 1.20. The molecule has 0 spiro atoms. The van der Waals surface area contributed by atoms with Crippen LogP contribution in [-0.2, 0) is 0 Å². The van der Waals surface area contributed by atoms with Crippen molar-refractivity contribution < 1.29 is 0 Å². The van der Waals surface area contributed by atoms with E-state index in [0.29, 0.717) is 0 Å². The number of thiophene rings is 2. The summed E-state index contributed by atoms with van der Waals surface area (Å²) in [6.07, 6.45) is 0. The molecule has 0 N–H and O–H groups in total. The Kier molecular flexibility index (Phi) is 2.05. The summed E-state index contributed by atoms with van der Waals surface area (Å²) in [6.45, 7) is 0. The maximum Gasteiger partial charge on any atom is 0.0603 e. The number of fused-ring (bicyclic) bond motifs is 1. The summed E-state index contributed by atoms with van der Waals surface area (Å²) in [5.41, 5.74) is 0. The summed E-state index contributed by atoms with van der Waals surface area (Å²) in [4.78, 5) is 0. The molecule has 10 heavy (non-hydrogen) atoms. The lowest BCUT2D eigenvalue weighted by Gasteiger charge is -1.75. The van der Waals surface area contributed by atoms with Crippen molar-refractivity contribution >= 4 is 70.6 Å². The largest absolute Gasteiger partial charge is 0.141 e. The van der Waals surface area contributed by atoms with Crippen LogP contribution in [0.4, 0.5) is 0 Å². The van der Waals surface area contributed by atoms with Gasteiger partial charge in [0.05, 0.1) is 9.40 Å². The molecule has 0 radical (unpaired) electrons. The molecular weight excluding hydrogens is 343 g/mol. The minimum atomic E-state index is 1.24. The topological polar surface area (TPSA) is 0 Å². The SMILES string of the molecule is Brc1csc2c(I)csc12. The molecule has 0 aliphatic heterocycles. The summed E-state index contributed by atoms with van der Waals surface area (Å²) >= 11 is 9.47. The van der Waals surface area contributed by atoms with Crippen LogP contribution in [0, 0.1) is 3.57 Å². The van der Waals surface area contributed by atoms with Crippen LogP contribution in [0.1, 0.15) is 0 Å². The highest BCUT2D eigenvalue weighted by Gasteiger charge is 2.05. The standard InChI is InChI=1S/C6H2BrIS2/c7-3-1-9-6-4(8)2-10-5(3)6/h1-2H. The summed E-state index contributed by atoms with van der Waals surface area (Å²) in [6, 6.07) is 0. The molecule has 0 unspecified atom stereocenters. The fourth-order valence-corrected chi connectivity index (χ4v) is 4.76. The van der Waals surface area contributed by atoms with Crippen molar-refractivity contribution in [3.8, 4) is 0 Å². The zero-order valence-electron chi connectivity index (χ0n) is 4.73. The molecule has 0 fully saturated rings. The summed E-state index contributed by atoms with van der Waals surface area (Å²) in [7, 11) is 0. The van der Waals surface area contributed by atoms with Crippen LogP contribution in [0.25, 0.3) is 9.40 Å². The first-order valence-corrected chi connectivity index (χ1v) is 6.22. The first-order valence-electron chi connectivity index (χ1n) is 2.58. The van der Waals surface area contributed by atoms with E-state index in [1.54, 1.807) is 22.7 Å². The Hall–Kier alpha value is 0.870. The predicted molar refractivity (Wildman–Crippen MR) is 60.1 cm³/mol. The molecule has 0 saturated carbocycles. The molecule has 0 atom stereocenters. The average molecular weight is 345 g/mol. The Labute approximate surface area is 88.5 Å². The highest BCUT2D eigenvalue weighted by Crippen LogP contribution is 2.37. The Bertz CT molecular complexity index is 327. The monoisotopic (exact) mass is 344 g/mol. The zero-order valence-corrected chi connectivity index (χ0v) is 10.1. The number of hydrogen-bond donors (Lipinski definition) is 0. The van der Waals surface area contributed by atoms with Gasteiger partial charge in [-0.05, 0) is 38.5 Å². The Morgan fingerprint density at radius 3 is 2.60 bits per heavy atom. The fraction of sp³-hybridized carbons (Fsp3) is 0. The van der Waals surface area contributed by atoms with E-state index < -0.39 is 0 Å². The van der Waals surface area contributed by atoms with Crippen LogP contribution < -0.4 is 0 Å². The molecule has 2 aromatic heterocycles. The van der Waals surface area contributed by atoms with Crippen molar-refractivity contribution in [3.63, 3.8) is 0 Å². The molecule has 0 aliphatic rings. The maximum absolute atomic E-state index is 3.50. The van der Waals surface area contributed by atoms with Gasteiger partial charge >= 0.3 is 0 Å². The molecule has 2 rings (SSSR count). The Balaban J connectivity index is 2.95. The first kappa shape index (κ1) is 7.52. The van der Waals surface area contributed by atoms with Crippen LogP contribution in [0.5, 0.6) is 0 Å². The van der Waals surface area contributed by atoms with E-state index in [0.717, 1.165) is 0 Å². The predicted octanol–water partition coefficient (Wildman–Crippen LogP) is 4.33. The Morgan fingerprint density at radius 2 is 1.90 bits per heavy atom. The van der Waals surface area contributed by atoms with E-state index in [1.165, 1.54) is 17.4 Å². The summed E-state index contributed by atoms with van der Waals surface area (Å²) < 4.78 is 5.40. The quantitative estimate of drug-likeness (QED) is 0.624. The van der Waals surface area contributed by atoms with Gasteiger partial charge in [-0.25, -0.2) is 0 Å². The van der Waals surface area contributed by atoms with Gasteiger partial charge in [0.25, 0.3) is 0 Å². The molecule has 0 aliphatic carbocycles. The van der Waals surface area contributed by atoms with E-state index in [4.69, 9.17) is 0 Å². The van der Waals surface area contributed by atoms with Crippen molar-refractivity contribution in [3.05, 3.63) is 18.8 Å². The maximum atomic E-state index is 3.50. The van der Waals surface area contributed by atoms with Gasteiger partial charge in [0, 0.05) is 18.8 Å². The molecule has 0 aromatic carbocycles. The summed E-state index contributed by atoms with van der Waals surface area (Å²) in [5.74, 6) is 0. The average Bonchev–Trinajstić information content (AvgIpc) is 2.41. The van der Waals surface area contributed by atoms with Gasteiger partial charge in [0.1, 0.15) is 0 Å². The van der Waals surface area contributed by atoms with Gasteiger partial charge in [-0.1, -0.05) is 0 Å². The first-order chi connectivity index (χ1) is 4.79. The van der Waals surface area contributed by atoms with Gasteiger partial charge in [-0.15, -0.1) is 22.7 Å². The van der Waals surface area contributed by atoms with Gasteiger partial charge < -0.3 is 0 Å². The van der Waals surface area contributed by atoms with E-state index in [1.807, 2.05) is 0 Å². The van der Waals surface area contributed by atoms with Crippen LogP contribution in [-0.4, -0.2) is 0 Å². The molecule has 52 valence electrons. The number of hydrogen-bond acceptors (Lipinski definition) is 2. The molecule has 0 nitrogen and oxygen atoms in total. The third-order valence-corrected chi connectivity index (χ3v) is 6.19. The van der Waals surface area contributed by atoms with Crippen molar-refractivity contribution in [1.82, 2.24) is 0 Å². The van der Waals surface area contributed by atoms with Crippen LogP contribution in [0.15, 0.2) is 15.2 Å². The fourth-order valence-electron chi connectivity index (χ4n) is 0.765. The van der Waals surface area contributed by atoms with Gasteiger partial charge in [-0.2, -0.15) is 0 Å². The number of rotatable bonds is 0. The van der Waals surface area contributed by atoms with Crippen LogP contribution in [0.2, 0.25) is 0 Å². The molecule has 4 heteroatoms. The highest BCUT2D eigenvalue weighted by atomic mass is 127. The van der Waals surface area contributed by atoms with Gasteiger partial charge in [0.15, 0.2) is 0 Å². The van der Waals surface area contributed by atoms with Gasteiger partial charge in [0.2, 0.25) is 0 Å². The van der Waals surface area contributed by atoms with Crippen LogP contribution >= 0.6 is 61.2 Å². The molecule has 0 saturated heterocycles. The molecular formula is C6H2BrIS2. The lowest BCUT2D eigenvalue weighted by molar-refractivity contribution is 2.06. The van der Waals surface area contributed by atoms with E-state index in [-0.39, 0.29) is 0 Å². The second kappa shape index (κ2) is 2.73. The number of halogens is 2. The molecule has 0 amide bonds. The lowest BCUT2D eigenvalue weighted by Crippen LogP contribution is -1.51. The van der Waals surface area contributed by atoms with E-state index >= 15 is 0 Å². The van der Waals surface area contributed by atoms with Crippen molar-refractivity contribution in [2.24, 2.45) is 0 Å². The molecule has 0 bridgehead atoms. The molecule has 2 aromatic rings. The smallest absolute Gasteiger partial charge is 0.0603 e. The summed E-state index contributed by atoms with van der Waals surface area (Å²) in [5, 5.41) is 4.33. The van der Waals surface area contributed by atoms with Crippen molar-refractivity contribution in [2.75, 3.05) is 0 Å². The van der Waals surface area contributed by atoms with E-state index in [9.17, 15) is 0 Å². The van der Waals surface area contributed by atoms with Crippen LogP contribution in [0.3, 0.4) is 0 Å². The van der Waals surface area contributed by atoms with Crippen molar-refractivity contribution in [1.29, 1.82) is 0 Å². The lowest BCUT2D eigenvalue weighted by atomic mass is 10.5. The Morgan fingerprint density at radius 1 is 1.20 bits per heavy atom. The highest BCUT2D eigenvalue weighted by molar-refractivity contribution is 14.1. The minimum absolute atomic E-state index is 1.24. The third kappa shape index (κ3) is 1.05. The zero-order chi connectivity index (χ0) is 7.14. The second-order valence-corrected chi connectivity index (χ2v) is 5.60. The molecule has 2 heterocycles. The van der Waals surface area contributed by atoms with E-state index in [2.05, 4.69) is 49.3 Å². The van der Waals surface area contributed by atoms with Gasteiger partial charge in [-0.3, -0.25) is 0 Å². The van der Waals surface area contributed by atoms with Crippen molar-refractivity contribution in [2.45, 2.75) is 0 Å². The normalized spacial score (nSPS) is 11.0. The second-order valence-electron chi connectivity index (χ2n) is 1.83.